The van der Waals surface area contributed by atoms with Crippen molar-refractivity contribution in [3.63, 3.8) is 0 Å². The van der Waals surface area contributed by atoms with Crippen LogP contribution in [0.2, 0.25) is 0 Å². The van der Waals surface area contributed by atoms with Gasteiger partial charge in [0.15, 0.2) is 0 Å². The van der Waals surface area contributed by atoms with E-state index in [1.54, 1.807) is 22.6 Å². The van der Waals surface area contributed by atoms with Crippen molar-refractivity contribution < 1.29 is 9.21 Å². The molecule has 4 aromatic rings. The van der Waals surface area contributed by atoms with Crippen molar-refractivity contribution in [2.24, 2.45) is 5.10 Å². The summed E-state index contributed by atoms with van der Waals surface area (Å²) in [6, 6.07) is 22.3. The molecule has 33 heavy (non-hydrogen) atoms. The molecular weight excluding hydrogens is 432 g/mol. The zero-order chi connectivity index (χ0) is 22.2. The van der Waals surface area contributed by atoms with Gasteiger partial charge in [0.1, 0.15) is 11.8 Å². The third kappa shape index (κ3) is 3.73. The zero-order valence-electron chi connectivity index (χ0n) is 18.1. The fourth-order valence-electron chi connectivity index (χ4n) is 4.90. The maximum atomic E-state index is 13.7. The Balaban J connectivity index is 1.31. The molecule has 0 fully saturated rings. The number of carbonyl (C=O) groups is 1. The lowest BCUT2D eigenvalue weighted by Crippen LogP contribution is -2.44. The molecule has 2 aliphatic heterocycles. The van der Waals surface area contributed by atoms with E-state index in [9.17, 15) is 4.79 Å². The van der Waals surface area contributed by atoms with Gasteiger partial charge >= 0.3 is 0 Å². The minimum Gasteiger partial charge on any atom is -0.467 e. The van der Waals surface area contributed by atoms with Gasteiger partial charge in [-0.3, -0.25) is 9.69 Å². The first-order valence-electron chi connectivity index (χ1n) is 11.2. The SMILES string of the molecule is O=C(CN1CCn2cccc2C1c1ccccc1)N1N=C(c2cccs2)CC1c1ccco1. The maximum absolute atomic E-state index is 13.7. The first-order chi connectivity index (χ1) is 16.3. The molecule has 7 heteroatoms. The van der Waals surface area contributed by atoms with Crippen molar-refractivity contribution in [3.05, 3.63) is 106 Å². The Labute approximate surface area is 196 Å². The third-order valence-corrected chi connectivity index (χ3v) is 7.35. The van der Waals surface area contributed by atoms with Crippen molar-refractivity contribution in [2.45, 2.75) is 25.0 Å². The number of benzene rings is 1. The van der Waals surface area contributed by atoms with E-state index in [4.69, 9.17) is 9.52 Å². The van der Waals surface area contributed by atoms with Crippen LogP contribution in [0.5, 0.6) is 0 Å². The summed E-state index contributed by atoms with van der Waals surface area (Å²) in [5.74, 6) is 0.759. The molecule has 166 valence electrons. The molecule has 0 radical (unpaired) electrons. The van der Waals surface area contributed by atoms with Gasteiger partial charge in [-0.2, -0.15) is 5.10 Å². The average Bonchev–Trinajstić information content (AvgIpc) is 3.64. The zero-order valence-corrected chi connectivity index (χ0v) is 18.9. The molecule has 0 saturated carbocycles. The van der Waals surface area contributed by atoms with Crippen LogP contribution in [0.25, 0.3) is 0 Å². The first-order valence-corrected chi connectivity index (χ1v) is 12.1. The van der Waals surface area contributed by atoms with Gasteiger partial charge in [0.05, 0.1) is 29.4 Å². The predicted molar refractivity (Wildman–Crippen MR) is 128 cm³/mol. The molecule has 0 bridgehead atoms. The minimum absolute atomic E-state index is 0.0103. The number of thiophene rings is 1. The van der Waals surface area contributed by atoms with E-state index in [2.05, 4.69) is 58.1 Å². The van der Waals surface area contributed by atoms with Gasteiger partial charge in [0, 0.05) is 31.4 Å². The van der Waals surface area contributed by atoms with Gasteiger partial charge in [-0.05, 0) is 41.3 Å². The highest BCUT2D eigenvalue weighted by Crippen LogP contribution is 2.36. The number of hydrogen-bond donors (Lipinski definition) is 0. The Morgan fingerprint density at radius 3 is 2.73 bits per heavy atom. The Hall–Kier alpha value is -3.42. The second-order valence-corrected chi connectivity index (χ2v) is 9.36. The summed E-state index contributed by atoms with van der Waals surface area (Å²) < 4.78 is 7.98. The maximum Gasteiger partial charge on any atom is 0.257 e. The monoisotopic (exact) mass is 456 g/mol. The van der Waals surface area contributed by atoms with E-state index in [0.29, 0.717) is 13.0 Å². The van der Waals surface area contributed by atoms with Crippen molar-refractivity contribution in [1.29, 1.82) is 0 Å². The van der Waals surface area contributed by atoms with Gasteiger partial charge in [-0.15, -0.1) is 11.3 Å². The Kier molecular flexibility index (Phi) is 5.20. The number of nitrogens with zero attached hydrogens (tertiary/aromatic N) is 4. The van der Waals surface area contributed by atoms with E-state index in [0.717, 1.165) is 29.4 Å². The van der Waals surface area contributed by atoms with Crippen LogP contribution in [0.4, 0.5) is 0 Å². The predicted octanol–water partition coefficient (Wildman–Crippen LogP) is 4.93. The Bertz CT molecular complexity index is 1260. The number of rotatable bonds is 5. The summed E-state index contributed by atoms with van der Waals surface area (Å²) >= 11 is 1.65. The minimum atomic E-state index is -0.214. The van der Waals surface area contributed by atoms with Crippen LogP contribution >= 0.6 is 11.3 Å². The van der Waals surface area contributed by atoms with Crippen LogP contribution in [0, 0.1) is 0 Å². The van der Waals surface area contributed by atoms with Crippen LogP contribution < -0.4 is 0 Å². The molecule has 3 aromatic heterocycles. The van der Waals surface area contributed by atoms with Gasteiger partial charge in [-0.25, -0.2) is 5.01 Å². The fraction of sp³-hybridized carbons (Fsp3) is 0.231. The number of aromatic nitrogens is 1. The van der Waals surface area contributed by atoms with E-state index < -0.39 is 0 Å². The Morgan fingerprint density at radius 2 is 1.94 bits per heavy atom. The lowest BCUT2D eigenvalue weighted by molar-refractivity contribution is -0.135. The Morgan fingerprint density at radius 1 is 1.03 bits per heavy atom. The van der Waals surface area contributed by atoms with E-state index in [1.165, 1.54) is 11.3 Å². The molecule has 0 aliphatic carbocycles. The van der Waals surface area contributed by atoms with Crippen molar-refractivity contribution in [3.8, 4) is 0 Å². The van der Waals surface area contributed by atoms with Gasteiger partial charge in [0.25, 0.3) is 5.91 Å². The molecule has 0 saturated heterocycles. The standard InChI is InChI=1S/C26H24N4O2S/c31-25(30-22(23-10-5-15-32-23)17-20(27-30)24-11-6-16-33-24)18-29-14-13-28-12-4-9-21(28)26(29)19-7-2-1-3-8-19/h1-12,15-16,22,26H,13-14,17-18H2. The lowest BCUT2D eigenvalue weighted by atomic mass is 10.00. The van der Waals surface area contributed by atoms with Crippen molar-refractivity contribution in [1.82, 2.24) is 14.5 Å². The molecule has 6 rings (SSSR count). The normalized spacial score (nSPS) is 20.6. The molecule has 1 aromatic carbocycles. The molecular formula is C26H24N4O2S. The highest BCUT2D eigenvalue weighted by Gasteiger charge is 2.37. The van der Waals surface area contributed by atoms with E-state index in [1.807, 2.05) is 29.6 Å². The number of carbonyl (C=O) groups excluding carboxylic acids is 1. The van der Waals surface area contributed by atoms with Crippen LogP contribution in [-0.4, -0.2) is 39.2 Å². The van der Waals surface area contributed by atoms with Crippen molar-refractivity contribution >= 4 is 23.0 Å². The van der Waals surface area contributed by atoms with Gasteiger partial charge < -0.3 is 8.98 Å². The summed E-state index contributed by atoms with van der Waals surface area (Å²) in [5, 5.41) is 8.47. The topological polar surface area (TPSA) is 54.0 Å². The second kappa shape index (κ2) is 8.50. The molecule has 6 nitrogen and oxygen atoms in total. The number of hydrogen-bond acceptors (Lipinski definition) is 5. The average molecular weight is 457 g/mol. The lowest BCUT2D eigenvalue weighted by Gasteiger charge is -2.37. The number of furan rings is 1. The number of amides is 1. The quantitative estimate of drug-likeness (QED) is 0.428. The summed E-state index contributed by atoms with van der Waals surface area (Å²) in [5.41, 5.74) is 3.34. The first kappa shape index (κ1) is 20.2. The van der Waals surface area contributed by atoms with E-state index in [-0.39, 0.29) is 18.0 Å². The van der Waals surface area contributed by atoms with Gasteiger partial charge in [0.2, 0.25) is 0 Å². The van der Waals surface area contributed by atoms with Crippen LogP contribution in [0.15, 0.2) is 94.1 Å². The number of hydrazone groups is 1. The summed E-state index contributed by atoms with van der Waals surface area (Å²) in [7, 11) is 0. The summed E-state index contributed by atoms with van der Waals surface area (Å²) in [6.07, 6.45) is 4.44. The molecule has 2 unspecified atom stereocenters. The highest BCUT2D eigenvalue weighted by molar-refractivity contribution is 7.12. The molecule has 5 heterocycles. The second-order valence-electron chi connectivity index (χ2n) is 8.41. The van der Waals surface area contributed by atoms with Gasteiger partial charge in [-0.1, -0.05) is 36.4 Å². The van der Waals surface area contributed by atoms with Crippen molar-refractivity contribution in [2.75, 3.05) is 13.1 Å². The fourth-order valence-corrected chi connectivity index (χ4v) is 5.62. The third-order valence-electron chi connectivity index (χ3n) is 6.43. The largest absolute Gasteiger partial charge is 0.467 e. The highest BCUT2D eigenvalue weighted by atomic mass is 32.1. The number of fused-ring (bicyclic) bond motifs is 1. The smallest absolute Gasteiger partial charge is 0.257 e. The molecule has 1 amide bonds. The molecule has 2 aliphatic rings. The summed E-state index contributed by atoms with van der Waals surface area (Å²) in [4.78, 5) is 17.1. The molecule has 2 atom stereocenters. The van der Waals surface area contributed by atoms with E-state index >= 15 is 0 Å². The molecule has 0 spiro atoms. The van der Waals surface area contributed by atoms with Crippen LogP contribution in [0.1, 0.15) is 40.4 Å². The van der Waals surface area contributed by atoms with Crippen LogP contribution in [0.3, 0.4) is 0 Å². The van der Waals surface area contributed by atoms with Crippen LogP contribution in [-0.2, 0) is 11.3 Å². The summed E-state index contributed by atoms with van der Waals surface area (Å²) in [6.45, 7) is 1.96. The molecule has 0 N–H and O–H groups in total.